The van der Waals surface area contributed by atoms with Gasteiger partial charge in [0.25, 0.3) is 0 Å². The minimum Gasteiger partial charge on any atom is -0.395 e. The van der Waals surface area contributed by atoms with Crippen molar-refractivity contribution in [2.75, 3.05) is 6.61 Å². The molecular formula is C10H14O2. The van der Waals surface area contributed by atoms with Gasteiger partial charge in [0.1, 0.15) is 5.78 Å². The Bertz CT molecular complexity index is 244. The van der Waals surface area contributed by atoms with Crippen molar-refractivity contribution in [2.24, 2.45) is 17.3 Å². The fourth-order valence-electron chi connectivity index (χ4n) is 2.72. The lowest BCUT2D eigenvalue weighted by molar-refractivity contribution is -0.124. The molecule has 0 aliphatic heterocycles. The molecule has 2 nitrogen and oxygen atoms in total. The Morgan fingerprint density at radius 1 is 1.75 bits per heavy atom. The number of rotatable bonds is 2. The third kappa shape index (κ3) is 0.712. The number of fused-ring (bicyclic) bond motifs is 1. The minimum absolute atomic E-state index is 0.0471. The topological polar surface area (TPSA) is 37.3 Å². The lowest BCUT2D eigenvalue weighted by atomic mass is 9.99. The maximum Gasteiger partial charge on any atom is 0.142 e. The molecule has 3 atom stereocenters. The van der Waals surface area contributed by atoms with Crippen LogP contribution in [-0.2, 0) is 4.79 Å². The Kier molecular flexibility index (Phi) is 1.62. The number of carbonyl (C=O) groups is 1. The molecular weight excluding hydrogens is 152 g/mol. The summed E-state index contributed by atoms with van der Waals surface area (Å²) < 4.78 is 0. The van der Waals surface area contributed by atoms with E-state index in [1.807, 2.05) is 13.0 Å². The average Bonchev–Trinajstić information content (AvgIpc) is 2.57. The monoisotopic (exact) mass is 166 g/mol. The normalized spacial score (nSPS) is 45.3. The molecule has 0 aromatic rings. The molecule has 2 aliphatic rings. The molecule has 1 N–H and O–H groups in total. The Morgan fingerprint density at radius 2 is 2.50 bits per heavy atom. The molecule has 2 aliphatic carbocycles. The van der Waals surface area contributed by atoms with E-state index < -0.39 is 0 Å². The molecule has 0 heterocycles. The molecule has 0 amide bonds. The zero-order chi connectivity index (χ0) is 8.77. The van der Waals surface area contributed by atoms with Crippen LogP contribution in [0, 0.1) is 17.3 Å². The molecule has 0 aromatic carbocycles. The van der Waals surface area contributed by atoms with Gasteiger partial charge in [-0.05, 0) is 25.2 Å². The van der Waals surface area contributed by atoms with Gasteiger partial charge in [-0.1, -0.05) is 12.2 Å². The van der Waals surface area contributed by atoms with Crippen molar-refractivity contribution in [3.05, 3.63) is 12.2 Å². The summed E-state index contributed by atoms with van der Waals surface area (Å²) in [6.07, 6.45) is 5.71. The highest BCUT2D eigenvalue weighted by Gasteiger charge is 2.69. The van der Waals surface area contributed by atoms with Gasteiger partial charge in [-0.25, -0.2) is 0 Å². The summed E-state index contributed by atoms with van der Waals surface area (Å²) in [6, 6.07) is 0. The number of hydrogen-bond acceptors (Lipinski definition) is 2. The largest absolute Gasteiger partial charge is 0.395 e. The molecule has 0 saturated heterocycles. The van der Waals surface area contributed by atoms with E-state index in [1.54, 1.807) is 0 Å². The number of ketones is 1. The second kappa shape index (κ2) is 2.43. The summed E-state index contributed by atoms with van der Waals surface area (Å²) in [6.45, 7) is 2.01. The fraction of sp³-hybridized carbons (Fsp3) is 0.700. The van der Waals surface area contributed by atoms with Crippen molar-refractivity contribution < 1.29 is 9.90 Å². The van der Waals surface area contributed by atoms with Crippen LogP contribution in [0.3, 0.4) is 0 Å². The molecule has 12 heavy (non-hydrogen) atoms. The van der Waals surface area contributed by atoms with Crippen LogP contribution in [0.2, 0.25) is 0 Å². The van der Waals surface area contributed by atoms with Gasteiger partial charge in [-0.2, -0.15) is 0 Å². The van der Waals surface area contributed by atoms with Crippen LogP contribution in [0.4, 0.5) is 0 Å². The number of carbonyl (C=O) groups excluding carboxylic acids is 1. The second-order valence-electron chi connectivity index (χ2n) is 3.82. The number of allylic oxidation sites excluding steroid dienone is 2. The van der Waals surface area contributed by atoms with Gasteiger partial charge in [0.2, 0.25) is 0 Å². The highest BCUT2D eigenvalue weighted by Crippen LogP contribution is 2.66. The van der Waals surface area contributed by atoms with Crippen molar-refractivity contribution in [3.8, 4) is 0 Å². The van der Waals surface area contributed by atoms with Gasteiger partial charge in [-0.15, -0.1) is 0 Å². The Balaban J connectivity index is 2.21. The smallest absolute Gasteiger partial charge is 0.142 e. The maximum absolute atomic E-state index is 11.5. The molecule has 0 spiro atoms. The molecule has 0 aromatic heterocycles. The van der Waals surface area contributed by atoms with E-state index >= 15 is 0 Å². The summed E-state index contributed by atoms with van der Waals surface area (Å²) in [5.74, 6) is 1.07. The summed E-state index contributed by atoms with van der Waals surface area (Å²) in [5.41, 5.74) is -0.341. The Morgan fingerprint density at radius 3 is 3.00 bits per heavy atom. The lowest BCUT2D eigenvalue weighted by Gasteiger charge is -2.06. The highest BCUT2D eigenvalue weighted by molar-refractivity contribution is 5.92. The second-order valence-corrected chi connectivity index (χ2v) is 3.82. The minimum atomic E-state index is -0.341. The van der Waals surface area contributed by atoms with Gasteiger partial charge in [-0.3, -0.25) is 4.79 Å². The van der Waals surface area contributed by atoms with E-state index in [1.165, 1.54) is 0 Å². The van der Waals surface area contributed by atoms with E-state index in [9.17, 15) is 9.90 Å². The average molecular weight is 166 g/mol. The number of aliphatic hydroxyl groups is 1. The van der Waals surface area contributed by atoms with Crippen LogP contribution in [0.25, 0.3) is 0 Å². The summed E-state index contributed by atoms with van der Waals surface area (Å²) in [4.78, 5) is 11.5. The van der Waals surface area contributed by atoms with Crippen molar-refractivity contribution in [3.63, 3.8) is 0 Å². The summed E-state index contributed by atoms with van der Waals surface area (Å²) in [7, 11) is 0. The number of aliphatic hydroxyl groups excluding tert-OH is 1. The third-order valence-electron chi connectivity index (χ3n) is 3.44. The predicted molar refractivity (Wildman–Crippen MR) is 45.6 cm³/mol. The van der Waals surface area contributed by atoms with Crippen LogP contribution in [-0.4, -0.2) is 17.5 Å². The predicted octanol–water partition coefficient (Wildman–Crippen LogP) is 1.15. The molecule has 2 fully saturated rings. The van der Waals surface area contributed by atoms with Crippen molar-refractivity contribution in [1.82, 2.24) is 0 Å². The molecule has 66 valence electrons. The highest BCUT2D eigenvalue weighted by atomic mass is 16.3. The van der Waals surface area contributed by atoms with Gasteiger partial charge >= 0.3 is 0 Å². The van der Waals surface area contributed by atoms with Crippen LogP contribution in [0.1, 0.15) is 19.8 Å². The van der Waals surface area contributed by atoms with E-state index in [2.05, 4.69) is 6.08 Å². The van der Waals surface area contributed by atoms with E-state index in [4.69, 9.17) is 0 Å². The Labute approximate surface area is 72.3 Å². The van der Waals surface area contributed by atoms with Gasteiger partial charge in [0.15, 0.2) is 0 Å². The molecule has 2 heteroatoms. The van der Waals surface area contributed by atoms with E-state index in [-0.39, 0.29) is 17.8 Å². The zero-order valence-electron chi connectivity index (χ0n) is 7.29. The first-order valence-corrected chi connectivity index (χ1v) is 4.54. The van der Waals surface area contributed by atoms with Crippen LogP contribution < -0.4 is 0 Å². The SMILES string of the molecule is C/C=C\[C@@H]1[C@H]2CCC(=O)[C@@]12CO. The van der Waals surface area contributed by atoms with Crippen LogP contribution in [0.5, 0.6) is 0 Å². The van der Waals surface area contributed by atoms with Crippen LogP contribution in [0.15, 0.2) is 12.2 Å². The molecule has 0 bridgehead atoms. The third-order valence-corrected chi connectivity index (χ3v) is 3.44. The van der Waals surface area contributed by atoms with Gasteiger partial charge in [0, 0.05) is 6.42 Å². The van der Waals surface area contributed by atoms with Crippen molar-refractivity contribution in [2.45, 2.75) is 19.8 Å². The number of Topliss-reactive ketones (excluding diaryl/α,β-unsaturated/α-hetero) is 1. The number of hydrogen-bond donors (Lipinski definition) is 1. The molecule has 2 saturated carbocycles. The fourth-order valence-corrected chi connectivity index (χ4v) is 2.72. The lowest BCUT2D eigenvalue weighted by Crippen LogP contribution is -2.19. The van der Waals surface area contributed by atoms with Gasteiger partial charge in [0.05, 0.1) is 12.0 Å². The standard InChI is InChI=1S/C10H14O2/c1-2-3-7-8-4-5-9(12)10(7,8)6-11/h2-3,7-8,11H,4-6H2,1H3/b3-2-/t7-,8-,10+/m1/s1. The quantitative estimate of drug-likeness (QED) is 0.625. The first-order valence-electron chi connectivity index (χ1n) is 4.54. The summed E-state index contributed by atoms with van der Waals surface area (Å²) >= 11 is 0. The zero-order valence-corrected chi connectivity index (χ0v) is 7.29. The molecule has 0 unspecified atom stereocenters. The first kappa shape index (κ1) is 7.99. The van der Waals surface area contributed by atoms with E-state index in [0.717, 1.165) is 6.42 Å². The van der Waals surface area contributed by atoms with Crippen LogP contribution >= 0.6 is 0 Å². The molecule has 0 radical (unpaired) electrons. The van der Waals surface area contributed by atoms with E-state index in [0.29, 0.717) is 18.3 Å². The van der Waals surface area contributed by atoms with Gasteiger partial charge < -0.3 is 5.11 Å². The first-order chi connectivity index (χ1) is 5.77. The maximum atomic E-state index is 11.5. The summed E-state index contributed by atoms with van der Waals surface area (Å²) in [5, 5.41) is 9.18. The Hall–Kier alpha value is -0.630. The molecule has 2 rings (SSSR count). The van der Waals surface area contributed by atoms with Crippen molar-refractivity contribution >= 4 is 5.78 Å². The van der Waals surface area contributed by atoms with Crippen molar-refractivity contribution in [1.29, 1.82) is 0 Å².